The Morgan fingerprint density at radius 2 is 1.74 bits per heavy atom. The van der Waals surface area contributed by atoms with Gasteiger partial charge >= 0.3 is 11.9 Å². The average molecular weight is 810 g/mol. The van der Waals surface area contributed by atoms with Gasteiger partial charge in [-0.3, -0.25) is 28.9 Å². The van der Waals surface area contributed by atoms with Gasteiger partial charge in [-0.15, -0.1) is 11.3 Å². The summed E-state index contributed by atoms with van der Waals surface area (Å²) in [6.07, 6.45) is 5.41. The van der Waals surface area contributed by atoms with Crippen molar-refractivity contribution >= 4 is 41.0 Å². The van der Waals surface area contributed by atoms with E-state index in [2.05, 4.69) is 22.1 Å². The molecule has 2 heterocycles. The van der Waals surface area contributed by atoms with E-state index in [9.17, 15) is 24.0 Å². The molecule has 3 rings (SSSR count). The first-order chi connectivity index (χ1) is 27.1. The van der Waals surface area contributed by atoms with Gasteiger partial charge in [0.25, 0.3) is 5.91 Å². The number of nitrogens with zero attached hydrogens (tertiary/aromatic N) is 3. The number of rotatable bonds is 22. The molecule has 0 radical (unpaired) electrons. The van der Waals surface area contributed by atoms with Crippen molar-refractivity contribution in [2.45, 2.75) is 130 Å². The summed E-state index contributed by atoms with van der Waals surface area (Å²) in [6, 6.07) is 7.91. The van der Waals surface area contributed by atoms with Crippen LogP contribution in [-0.2, 0) is 35.1 Å². The number of piperidine rings is 1. The number of likely N-dealkylation sites (tertiary alicyclic amines) is 1. The number of aromatic nitrogens is 1. The minimum Gasteiger partial charge on any atom is -0.461 e. The van der Waals surface area contributed by atoms with Gasteiger partial charge < -0.3 is 25.0 Å². The van der Waals surface area contributed by atoms with Crippen molar-refractivity contribution < 1.29 is 33.4 Å². The van der Waals surface area contributed by atoms with E-state index in [-0.39, 0.29) is 66.7 Å². The number of hydrogen-bond acceptors (Lipinski definition) is 10. The highest BCUT2D eigenvalue weighted by atomic mass is 32.1. The van der Waals surface area contributed by atoms with E-state index in [0.717, 1.165) is 31.4 Å². The molecule has 316 valence electrons. The van der Waals surface area contributed by atoms with Gasteiger partial charge in [-0.05, 0) is 62.6 Å². The van der Waals surface area contributed by atoms with E-state index in [1.165, 1.54) is 17.4 Å². The Morgan fingerprint density at radius 1 is 1.04 bits per heavy atom. The van der Waals surface area contributed by atoms with Crippen molar-refractivity contribution in [3.63, 3.8) is 0 Å². The fourth-order valence-electron chi connectivity index (χ4n) is 7.26. The highest BCUT2D eigenvalue weighted by Crippen LogP contribution is 2.32. The molecule has 13 heteroatoms. The van der Waals surface area contributed by atoms with E-state index in [1.807, 2.05) is 78.9 Å². The predicted octanol–water partition coefficient (Wildman–Crippen LogP) is 6.76. The summed E-state index contributed by atoms with van der Waals surface area (Å²) < 4.78 is 11.4. The van der Waals surface area contributed by atoms with E-state index in [1.54, 1.807) is 24.3 Å². The van der Waals surface area contributed by atoms with Gasteiger partial charge in [0.05, 0.1) is 12.0 Å². The number of likely N-dealkylation sites (N-methyl/N-ethyl adjacent to an activating group) is 2. The summed E-state index contributed by atoms with van der Waals surface area (Å²) in [7, 11) is 3.70. The van der Waals surface area contributed by atoms with E-state index in [0.29, 0.717) is 24.3 Å². The molecule has 0 spiro atoms. The van der Waals surface area contributed by atoms with E-state index < -0.39 is 42.0 Å². The molecular formula is C44H67N5O7S. The van der Waals surface area contributed by atoms with Crippen LogP contribution in [0.2, 0.25) is 0 Å². The van der Waals surface area contributed by atoms with Gasteiger partial charge in [0.1, 0.15) is 23.4 Å². The van der Waals surface area contributed by atoms with Crippen LogP contribution < -0.4 is 10.6 Å². The summed E-state index contributed by atoms with van der Waals surface area (Å²) in [5.74, 6) is -2.11. The summed E-state index contributed by atoms with van der Waals surface area (Å²) in [4.78, 5) is 76.0. The first kappa shape index (κ1) is 47.3. The van der Waals surface area contributed by atoms with Crippen molar-refractivity contribution in [1.82, 2.24) is 25.4 Å². The summed E-state index contributed by atoms with van der Waals surface area (Å²) in [5.41, 5.74) is 1.16. The molecule has 1 aliphatic heterocycles. The molecule has 0 saturated carbocycles. The van der Waals surface area contributed by atoms with Crippen LogP contribution in [0.1, 0.15) is 121 Å². The number of carbonyl (C=O) groups is 5. The van der Waals surface area contributed by atoms with Crippen molar-refractivity contribution in [2.75, 3.05) is 27.2 Å². The number of thiazole rings is 1. The van der Waals surface area contributed by atoms with Crippen molar-refractivity contribution in [1.29, 1.82) is 0 Å². The Hall–Kier alpha value is -4.10. The van der Waals surface area contributed by atoms with Crippen LogP contribution in [0.15, 0.2) is 48.4 Å². The average Bonchev–Trinajstić information content (AvgIpc) is 3.67. The quantitative estimate of drug-likeness (QED) is 0.0974. The normalized spacial score (nSPS) is 17.8. The molecule has 3 amide bonds. The Labute approximate surface area is 344 Å². The maximum absolute atomic E-state index is 14.4. The molecule has 1 aromatic carbocycles. The van der Waals surface area contributed by atoms with E-state index >= 15 is 0 Å². The first-order valence-corrected chi connectivity index (χ1v) is 21.5. The Bertz CT molecular complexity index is 1610. The molecule has 2 N–H and O–H groups in total. The number of nitrogens with one attached hydrogen (secondary N) is 2. The van der Waals surface area contributed by atoms with Gasteiger partial charge in [-0.1, -0.05) is 104 Å². The SMILES string of the molecule is C=CCOC(=O)[C@@H](C)C[C@H](Cc1ccccc1)NC(=O)c1csc([C@@H](C[C@H](C(C)C)N(C)C(=O)[C@@H](NC(=O)[C@H]2CCCCN2C)[C@@H](C)CC)OC(=O)CC(C)C)n1. The van der Waals surface area contributed by atoms with E-state index in [4.69, 9.17) is 14.5 Å². The predicted molar refractivity (Wildman–Crippen MR) is 224 cm³/mol. The number of amides is 3. The third-order valence-electron chi connectivity index (χ3n) is 10.8. The first-order valence-electron chi connectivity index (χ1n) is 20.6. The largest absolute Gasteiger partial charge is 0.461 e. The lowest BCUT2D eigenvalue weighted by atomic mass is 9.92. The zero-order chi connectivity index (χ0) is 42.2. The second kappa shape index (κ2) is 23.3. The summed E-state index contributed by atoms with van der Waals surface area (Å²) in [5, 5.41) is 8.28. The molecule has 2 aromatic rings. The summed E-state index contributed by atoms with van der Waals surface area (Å²) in [6.45, 7) is 18.2. The van der Waals surface area contributed by atoms with Crippen LogP contribution in [0.25, 0.3) is 0 Å². The maximum atomic E-state index is 14.4. The summed E-state index contributed by atoms with van der Waals surface area (Å²) >= 11 is 1.22. The Balaban J connectivity index is 1.88. The highest BCUT2D eigenvalue weighted by molar-refractivity contribution is 7.09. The number of hydrogen-bond donors (Lipinski definition) is 2. The lowest BCUT2D eigenvalue weighted by Crippen LogP contribution is -2.58. The van der Waals surface area contributed by atoms with Crippen LogP contribution in [0.5, 0.6) is 0 Å². The minimum absolute atomic E-state index is 0.0513. The zero-order valence-corrected chi connectivity index (χ0v) is 36.4. The molecule has 0 bridgehead atoms. The third-order valence-corrected chi connectivity index (χ3v) is 11.8. The fraction of sp³-hybridized carbons (Fsp3) is 0.636. The van der Waals surface area contributed by atoms with Gasteiger partial charge in [-0.2, -0.15) is 0 Å². The number of esters is 2. The Kier molecular flexibility index (Phi) is 19.4. The maximum Gasteiger partial charge on any atom is 0.309 e. The van der Waals surface area contributed by atoms with Gasteiger partial charge in [0, 0.05) is 37.4 Å². The number of carbonyl (C=O) groups excluding carboxylic acids is 5. The number of ether oxygens (including phenoxy) is 2. The van der Waals surface area contributed by atoms with Crippen LogP contribution in [-0.4, -0.2) is 95.9 Å². The monoisotopic (exact) mass is 809 g/mol. The fourth-order valence-corrected chi connectivity index (χ4v) is 8.09. The second-order valence-electron chi connectivity index (χ2n) is 16.4. The molecule has 0 unspecified atom stereocenters. The van der Waals surface area contributed by atoms with Crippen LogP contribution in [0, 0.1) is 23.7 Å². The second-order valence-corrected chi connectivity index (χ2v) is 17.3. The molecule has 0 aliphatic carbocycles. The highest BCUT2D eigenvalue weighted by Gasteiger charge is 2.37. The van der Waals surface area contributed by atoms with Crippen molar-refractivity contribution in [2.24, 2.45) is 23.7 Å². The van der Waals surface area contributed by atoms with Crippen molar-refractivity contribution in [3.05, 3.63) is 64.6 Å². The number of benzene rings is 1. The lowest BCUT2D eigenvalue weighted by molar-refractivity contribution is -0.152. The molecule has 57 heavy (non-hydrogen) atoms. The molecular weight excluding hydrogens is 743 g/mol. The lowest BCUT2D eigenvalue weighted by Gasteiger charge is -2.38. The molecule has 7 atom stereocenters. The molecule has 1 fully saturated rings. The molecule has 12 nitrogen and oxygen atoms in total. The molecule has 1 saturated heterocycles. The zero-order valence-electron chi connectivity index (χ0n) is 35.6. The van der Waals surface area contributed by atoms with Crippen LogP contribution in [0.3, 0.4) is 0 Å². The van der Waals surface area contributed by atoms with Gasteiger partial charge in [-0.25, -0.2) is 4.98 Å². The van der Waals surface area contributed by atoms with Crippen LogP contribution in [0.4, 0.5) is 0 Å². The third kappa shape index (κ3) is 14.7. The minimum atomic E-state index is -0.835. The van der Waals surface area contributed by atoms with Crippen LogP contribution >= 0.6 is 11.3 Å². The van der Waals surface area contributed by atoms with Gasteiger partial charge in [0.2, 0.25) is 11.8 Å². The van der Waals surface area contributed by atoms with Gasteiger partial charge in [0.15, 0.2) is 6.10 Å². The topological polar surface area (TPSA) is 147 Å². The van der Waals surface area contributed by atoms with Crippen molar-refractivity contribution in [3.8, 4) is 0 Å². The molecule has 1 aromatic heterocycles. The standard InChI is InChI=1S/C44H67N5O7S/c1-11-22-55-44(54)31(8)24-33(25-32-18-14-13-15-19-32)45-40(51)34-27-57-42(46-34)37(56-38(50)23-28(3)4)26-36(29(5)6)49(10)43(53)39(30(7)12-2)47-41(52)35-20-16-17-21-48(35)9/h11,13-15,18-19,27-31,33,35-37,39H,1,12,16-17,20-26H2,2-10H3,(H,45,51)(H,47,52)/t30-,31-,33+,35+,36+,37+,39-/m0/s1. The smallest absolute Gasteiger partial charge is 0.309 e. The molecule has 1 aliphatic rings. The Morgan fingerprint density at radius 3 is 2.35 bits per heavy atom.